The maximum Gasteiger partial charge on any atom is 1.00 e. The molecule has 502 valence electrons. The summed E-state index contributed by atoms with van der Waals surface area (Å²) in [5, 5.41) is 109. The number of aliphatic hydroxyl groups excluding tert-OH is 6. The number of hydrogen-bond acceptors (Lipinski definition) is 23. The molecule has 12 N–H and O–H groups in total. The van der Waals surface area contributed by atoms with E-state index in [2.05, 4.69) is 31.9 Å². The number of carboxylic acid groups (broad SMARTS) is 2. The molecule has 1 aromatic heterocycles. The number of benzene rings is 4. The van der Waals surface area contributed by atoms with Gasteiger partial charge in [0.25, 0.3) is 23.6 Å². The van der Waals surface area contributed by atoms with Crippen LogP contribution < -0.4 is 101 Å². The maximum absolute atomic E-state index is 13.0. The van der Waals surface area contributed by atoms with Gasteiger partial charge in [-0.15, -0.1) is 11.3 Å². The molecule has 0 bridgehead atoms. The van der Waals surface area contributed by atoms with Crippen LogP contribution >= 0.6 is 34.9 Å². The third kappa shape index (κ3) is 23.1. The molecule has 26 nitrogen and oxygen atoms in total. The SMILES string of the molecule is CC(=O)N[C@H]1[C@H]([C@H](O)[C@H](O)CNC(=O)c2ccc(-c3ccccc3)cc2)O[C@@](OCCCSCCNC(=O)c2ccc(C(=O)NCCSCCCO[C@]3(C(=O)[O-])C[C@H](O)[C@@H](NC(C)=O)[C@H]([C@H](O)[C@H](O)CNC(=O)c4ccc(-c5cccs5)cc4)O3)cc2)(C(=O)[O-])C[C@@H]1O.[Na+].[Na+]. The van der Waals surface area contributed by atoms with Gasteiger partial charge in [0.1, 0.15) is 36.4 Å². The maximum atomic E-state index is 13.0. The van der Waals surface area contributed by atoms with E-state index in [-0.39, 0.29) is 121 Å². The molecule has 3 heterocycles. The van der Waals surface area contributed by atoms with Crippen molar-refractivity contribution in [1.82, 2.24) is 31.9 Å². The van der Waals surface area contributed by atoms with Crippen molar-refractivity contribution in [3.05, 3.63) is 143 Å². The van der Waals surface area contributed by atoms with E-state index in [9.17, 15) is 79.2 Å². The van der Waals surface area contributed by atoms with E-state index in [1.807, 2.05) is 47.8 Å². The summed E-state index contributed by atoms with van der Waals surface area (Å²) < 4.78 is 22.9. The van der Waals surface area contributed by atoms with Crippen LogP contribution in [0.25, 0.3) is 21.6 Å². The fraction of sp³-hybridized carbons (Fsp3) is 0.438. The molecule has 2 saturated heterocycles. The summed E-state index contributed by atoms with van der Waals surface area (Å²) in [5.74, 6) is -10.5. The molecule has 0 saturated carbocycles. The Morgan fingerprint density at radius 3 is 1.26 bits per heavy atom. The van der Waals surface area contributed by atoms with Crippen LogP contribution in [-0.2, 0) is 38.1 Å². The zero-order valence-electron chi connectivity index (χ0n) is 52.8. The van der Waals surface area contributed by atoms with E-state index in [0.29, 0.717) is 23.0 Å². The molecule has 0 unspecified atom stereocenters. The predicted molar refractivity (Wildman–Crippen MR) is 339 cm³/mol. The summed E-state index contributed by atoms with van der Waals surface area (Å²) in [6.07, 6.45) is -15.1. The summed E-state index contributed by atoms with van der Waals surface area (Å²) in [6, 6.07) is 29.8. The zero-order valence-corrected chi connectivity index (χ0v) is 59.3. The van der Waals surface area contributed by atoms with Crippen LogP contribution in [0.4, 0.5) is 0 Å². The topological polar surface area (TPSA) is 413 Å². The second-order valence-electron chi connectivity index (χ2n) is 22.0. The van der Waals surface area contributed by atoms with Crippen LogP contribution in [0.15, 0.2) is 121 Å². The Labute approximate surface area is 605 Å². The quantitative estimate of drug-likeness (QED) is 0.0135. The molecule has 2 aliphatic rings. The Morgan fingerprint density at radius 1 is 0.526 bits per heavy atom. The Bertz CT molecular complexity index is 3300. The van der Waals surface area contributed by atoms with Crippen molar-refractivity contribution in [2.75, 3.05) is 62.4 Å². The normalized spacial score (nSPS) is 21.9. The molecular formula is C64H76N6Na2O20S3. The number of carbonyl (C=O) groups is 8. The van der Waals surface area contributed by atoms with Gasteiger partial charge < -0.3 is 101 Å². The van der Waals surface area contributed by atoms with Gasteiger partial charge in [-0.1, -0.05) is 60.7 Å². The van der Waals surface area contributed by atoms with E-state index < -0.39 is 146 Å². The van der Waals surface area contributed by atoms with E-state index in [1.54, 1.807) is 48.5 Å². The standard InChI is InChI=1S/C64H78N6O20S3.2Na/c1-37(71)69-51-46(73)33-63(61(83)84,89-55(51)53(77)48(75)35-67-59(81)44-16-12-40(13-17-44)39-9-4-3-5-10-39)87-26-7-28-91-31-24-65-57(79)42-20-22-43(23-21-42)58(80)66-25-32-92-29-8-27-88-64(62(85)86)34-47(74)52(70-38(2)72)56(90-64)54(78)49(76)36-68-60(82)45-18-14-41(15-19-45)50-11-6-30-93-50;;/h3-6,9-23,30,46-49,51-56,73-78H,7-8,24-29,31-36H2,1-2H3,(H,65,79)(H,66,80)(H,67,81)(H,68,82)(H,69,71)(H,70,72)(H,83,84)(H,85,86);;/q;2*+1/p-2/t46-,47-,48+,49+,51+,52+,53+,54+,55+,56+,63+,64+;;/m0../s1. The van der Waals surface area contributed by atoms with Crippen LogP contribution in [0.2, 0.25) is 0 Å². The van der Waals surface area contributed by atoms with Crippen LogP contribution in [0.1, 0.15) is 81.0 Å². The van der Waals surface area contributed by atoms with Gasteiger partial charge in [0.05, 0.1) is 49.7 Å². The molecule has 7 rings (SSSR count). The second kappa shape index (κ2) is 39.3. The summed E-state index contributed by atoms with van der Waals surface area (Å²) in [4.78, 5) is 102. The van der Waals surface area contributed by atoms with Crippen LogP contribution in [0.3, 0.4) is 0 Å². The number of amides is 6. The first-order chi connectivity index (χ1) is 44.5. The average Bonchev–Trinajstić information content (AvgIpc) is 1.29. The largest absolute Gasteiger partial charge is 1.00 e. The van der Waals surface area contributed by atoms with Gasteiger partial charge in [0, 0.05) is 91.5 Å². The van der Waals surface area contributed by atoms with Gasteiger partial charge in [-0.25, -0.2) is 0 Å². The Hall–Kier alpha value is -5.36. The van der Waals surface area contributed by atoms with Crippen molar-refractivity contribution in [3.8, 4) is 21.6 Å². The van der Waals surface area contributed by atoms with Gasteiger partial charge >= 0.3 is 59.1 Å². The minimum Gasteiger partial charge on any atom is -0.544 e. The van der Waals surface area contributed by atoms with Gasteiger partial charge in [0.2, 0.25) is 23.4 Å². The average molecular weight is 1390 g/mol. The molecular weight excluding hydrogens is 1310 g/mol. The Balaban J connectivity index is 0.00000817. The van der Waals surface area contributed by atoms with E-state index in [0.717, 1.165) is 35.4 Å². The first kappa shape index (κ1) is 80.3. The summed E-state index contributed by atoms with van der Waals surface area (Å²) in [5.41, 5.74) is 3.80. The molecule has 12 atom stereocenters. The smallest absolute Gasteiger partial charge is 0.544 e. The minimum atomic E-state index is -2.60. The molecule has 0 aliphatic carbocycles. The molecule has 4 aromatic carbocycles. The fourth-order valence-electron chi connectivity index (χ4n) is 10.3. The fourth-order valence-corrected chi connectivity index (χ4v) is 12.6. The van der Waals surface area contributed by atoms with E-state index in [4.69, 9.17) is 18.9 Å². The molecule has 6 amide bonds. The van der Waals surface area contributed by atoms with Crippen molar-refractivity contribution in [2.45, 2.75) is 112 Å². The van der Waals surface area contributed by atoms with Crippen molar-refractivity contribution in [1.29, 1.82) is 0 Å². The molecule has 31 heteroatoms. The number of ether oxygens (including phenoxy) is 4. The third-order valence-electron chi connectivity index (χ3n) is 15.1. The minimum absolute atomic E-state index is 0. The molecule has 2 aliphatic heterocycles. The number of aliphatic hydroxyl groups is 6. The first-order valence-electron chi connectivity index (χ1n) is 29.9. The number of carbonyl (C=O) groups excluding carboxylic acids is 8. The van der Waals surface area contributed by atoms with Crippen molar-refractivity contribution in [3.63, 3.8) is 0 Å². The number of carboxylic acids is 2. The van der Waals surface area contributed by atoms with Crippen LogP contribution in [0, 0.1) is 0 Å². The molecule has 2 fully saturated rings. The third-order valence-corrected chi connectivity index (χ3v) is 18.2. The van der Waals surface area contributed by atoms with Crippen LogP contribution in [-0.4, -0.2) is 213 Å². The second-order valence-corrected chi connectivity index (χ2v) is 25.4. The van der Waals surface area contributed by atoms with Gasteiger partial charge in [-0.3, -0.25) is 28.8 Å². The number of nitrogens with one attached hydrogen (secondary N) is 6. The zero-order chi connectivity index (χ0) is 67.2. The van der Waals surface area contributed by atoms with Gasteiger partial charge in [-0.2, -0.15) is 23.5 Å². The van der Waals surface area contributed by atoms with E-state index in [1.165, 1.54) is 59.1 Å². The Morgan fingerprint density at radius 2 is 0.895 bits per heavy atom. The van der Waals surface area contributed by atoms with Gasteiger partial charge in [0.15, 0.2) is 0 Å². The monoisotopic (exact) mass is 1390 g/mol. The Kier molecular flexibility index (Phi) is 33.2. The summed E-state index contributed by atoms with van der Waals surface area (Å²) in [7, 11) is 0. The van der Waals surface area contributed by atoms with Crippen molar-refractivity contribution in [2.24, 2.45) is 0 Å². The number of rotatable bonds is 34. The van der Waals surface area contributed by atoms with E-state index >= 15 is 0 Å². The molecule has 0 radical (unpaired) electrons. The van der Waals surface area contributed by atoms with Crippen molar-refractivity contribution < 1.29 is 157 Å². The summed E-state index contributed by atoms with van der Waals surface area (Å²) >= 11 is 4.34. The number of thiophene rings is 1. The number of hydrogen-bond donors (Lipinski definition) is 12. The molecule has 0 spiro atoms. The summed E-state index contributed by atoms with van der Waals surface area (Å²) in [6.45, 7) is 1.26. The van der Waals surface area contributed by atoms with Crippen molar-refractivity contribution >= 4 is 82.2 Å². The number of aliphatic carboxylic acids is 2. The molecule has 95 heavy (non-hydrogen) atoms. The number of thioether (sulfide) groups is 2. The first-order valence-corrected chi connectivity index (χ1v) is 33.1. The molecule has 5 aromatic rings. The van der Waals surface area contributed by atoms with Gasteiger partial charge in [-0.05, 0) is 101 Å². The van der Waals surface area contributed by atoms with Crippen LogP contribution in [0.5, 0.6) is 0 Å². The predicted octanol–water partition coefficient (Wildman–Crippen LogP) is -6.67.